The van der Waals surface area contributed by atoms with Gasteiger partial charge in [-0.2, -0.15) is 0 Å². The van der Waals surface area contributed by atoms with Gasteiger partial charge in [0.1, 0.15) is 0 Å². The minimum atomic E-state index is -0.522. The smallest absolute Gasteiger partial charge is 0.267 e. The number of aryl methyl sites for hydroxylation is 3. The molecule has 0 saturated heterocycles. The number of nitrogens with one attached hydrogen (secondary N) is 2. The summed E-state index contributed by atoms with van der Waals surface area (Å²) >= 11 is 0. The summed E-state index contributed by atoms with van der Waals surface area (Å²) in [6.07, 6.45) is 13.8. The molecule has 1 unspecified atom stereocenters. The number of rotatable bonds is 9. The Balaban J connectivity index is 1.41. The molecule has 186 valence electrons. The first kappa shape index (κ1) is 24.1. The molecule has 0 radical (unpaired) electrons. The summed E-state index contributed by atoms with van der Waals surface area (Å²) in [5.41, 5.74) is 10.8. The van der Waals surface area contributed by atoms with E-state index in [9.17, 15) is 4.79 Å². The van der Waals surface area contributed by atoms with Crippen molar-refractivity contribution in [1.29, 1.82) is 0 Å². The van der Waals surface area contributed by atoms with Crippen molar-refractivity contribution >= 4 is 22.9 Å². The SMILES string of the molecule is CCc1c[nH]cc1CN(CCc1cn(C)c2ccccc12)C1CCc2cc(/C=C/C(=O)NO)ccc21. The molecule has 2 aromatic carbocycles. The number of hydrogen-bond donors (Lipinski definition) is 3. The molecule has 1 amide bonds. The molecule has 2 aromatic heterocycles. The predicted octanol–water partition coefficient (Wildman–Crippen LogP) is 5.32. The zero-order chi connectivity index (χ0) is 25.1. The number of benzene rings is 2. The number of nitrogens with zero attached hydrogens (tertiary/aromatic N) is 2. The maximum atomic E-state index is 11.4. The molecule has 1 atom stereocenters. The highest BCUT2D eigenvalue weighted by molar-refractivity contribution is 5.90. The summed E-state index contributed by atoms with van der Waals surface area (Å²) in [7, 11) is 2.13. The molecule has 1 aliphatic rings. The van der Waals surface area contributed by atoms with Crippen LogP contribution in [0.4, 0.5) is 0 Å². The van der Waals surface area contributed by atoms with Crippen LogP contribution in [0.2, 0.25) is 0 Å². The normalized spacial score (nSPS) is 15.3. The number of carbonyl (C=O) groups is 1. The van der Waals surface area contributed by atoms with Gasteiger partial charge in [-0.05, 0) is 71.2 Å². The number of amides is 1. The van der Waals surface area contributed by atoms with Crippen molar-refractivity contribution in [2.24, 2.45) is 7.05 Å². The number of hydrogen-bond acceptors (Lipinski definition) is 3. The van der Waals surface area contributed by atoms with Crippen molar-refractivity contribution in [3.63, 3.8) is 0 Å². The molecule has 0 saturated carbocycles. The van der Waals surface area contributed by atoms with Crippen molar-refractivity contribution in [3.8, 4) is 0 Å². The summed E-state index contributed by atoms with van der Waals surface area (Å²) in [4.78, 5) is 17.3. The third-order valence-electron chi connectivity index (χ3n) is 7.52. The van der Waals surface area contributed by atoms with E-state index in [-0.39, 0.29) is 0 Å². The van der Waals surface area contributed by atoms with Gasteiger partial charge in [0.25, 0.3) is 5.91 Å². The summed E-state index contributed by atoms with van der Waals surface area (Å²) in [6, 6.07) is 15.5. The van der Waals surface area contributed by atoms with E-state index in [1.54, 1.807) is 11.6 Å². The summed E-state index contributed by atoms with van der Waals surface area (Å²) < 4.78 is 2.23. The fourth-order valence-electron chi connectivity index (χ4n) is 5.66. The van der Waals surface area contributed by atoms with Gasteiger partial charge in [0.15, 0.2) is 0 Å². The minimum Gasteiger partial charge on any atom is -0.367 e. The van der Waals surface area contributed by atoms with Gasteiger partial charge in [0.2, 0.25) is 0 Å². The van der Waals surface area contributed by atoms with Crippen LogP contribution in [-0.4, -0.2) is 32.1 Å². The van der Waals surface area contributed by atoms with Gasteiger partial charge in [0, 0.05) is 61.7 Å². The van der Waals surface area contributed by atoms with Gasteiger partial charge in [0.05, 0.1) is 0 Å². The zero-order valence-corrected chi connectivity index (χ0v) is 21.0. The summed E-state index contributed by atoms with van der Waals surface area (Å²) in [6.45, 7) is 4.11. The van der Waals surface area contributed by atoms with Gasteiger partial charge < -0.3 is 9.55 Å². The standard InChI is InChI=1S/C30H34N4O2/c1-3-22-17-31-18-25(22)20-34(15-14-24-19-33(2)28-7-5-4-6-26(24)28)29-12-10-23-16-21(8-11-27(23)29)9-13-30(35)32-36/h4-9,11,13,16-19,29,31,36H,3,10,12,14-15,20H2,1-2H3,(H,32,35)/b13-9+. The van der Waals surface area contributed by atoms with E-state index < -0.39 is 5.91 Å². The summed E-state index contributed by atoms with van der Waals surface area (Å²) in [5.74, 6) is -0.522. The molecule has 4 aromatic rings. The number of hydroxylamine groups is 1. The van der Waals surface area contributed by atoms with E-state index >= 15 is 0 Å². The van der Waals surface area contributed by atoms with Gasteiger partial charge in [-0.3, -0.25) is 14.9 Å². The number of H-pyrrole nitrogens is 1. The lowest BCUT2D eigenvalue weighted by Gasteiger charge is -2.30. The summed E-state index contributed by atoms with van der Waals surface area (Å²) in [5, 5.41) is 10.1. The van der Waals surface area contributed by atoms with Crippen molar-refractivity contribution in [2.45, 2.75) is 45.2 Å². The number of aromatic nitrogens is 2. The van der Waals surface area contributed by atoms with Crippen LogP contribution < -0.4 is 5.48 Å². The highest BCUT2D eigenvalue weighted by atomic mass is 16.5. The van der Waals surface area contributed by atoms with Crippen molar-refractivity contribution in [3.05, 3.63) is 101 Å². The Kier molecular flexibility index (Phi) is 7.07. The Labute approximate surface area is 212 Å². The van der Waals surface area contributed by atoms with Gasteiger partial charge in [-0.1, -0.05) is 43.3 Å². The third kappa shape index (κ3) is 4.87. The predicted molar refractivity (Wildman–Crippen MR) is 144 cm³/mol. The first-order valence-electron chi connectivity index (χ1n) is 12.7. The Morgan fingerprint density at radius 2 is 2.03 bits per heavy atom. The van der Waals surface area contributed by atoms with Gasteiger partial charge >= 0.3 is 0 Å². The van der Waals surface area contributed by atoms with Crippen LogP contribution in [0, 0.1) is 0 Å². The van der Waals surface area contributed by atoms with Crippen LogP contribution in [0.15, 0.2) is 67.1 Å². The molecule has 0 aliphatic heterocycles. The van der Waals surface area contributed by atoms with E-state index in [1.807, 2.05) is 0 Å². The third-order valence-corrected chi connectivity index (χ3v) is 7.52. The first-order chi connectivity index (χ1) is 17.6. The molecule has 36 heavy (non-hydrogen) atoms. The fourth-order valence-corrected chi connectivity index (χ4v) is 5.66. The Bertz CT molecular complexity index is 1400. The lowest BCUT2D eigenvalue weighted by molar-refractivity contribution is -0.124. The highest BCUT2D eigenvalue weighted by Gasteiger charge is 2.28. The Morgan fingerprint density at radius 3 is 2.86 bits per heavy atom. The average Bonchev–Trinajstić information content (AvgIpc) is 3.62. The molecular weight excluding hydrogens is 448 g/mol. The van der Waals surface area contributed by atoms with Crippen LogP contribution in [-0.2, 0) is 37.6 Å². The van der Waals surface area contributed by atoms with Crippen LogP contribution in [0.1, 0.15) is 52.8 Å². The molecule has 0 spiro atoms. The largest absolute Gasteiger partial charge is 0.367 e. The van der Waals surface area contributed by atoms with Crippen molar-refractivity contribution < 1.29 is 10.0 Å². The lowest BCUT2D eigenvalue weighted by Crippen LogP contribution is -2.29. The molecule has 0 fully saturated rings. The zero-order valence-electron chi connectivity index (χ0n) is 21.0. The fraction of sp³-hybridized carbons (Fsp3) is 0.300. The van der Waals surface area contributed by atoms with E-state index in [4.69, 9.17) is 5.21 Å². The molecule has 2 heterocycles. The van der Waals surface area contributed by atoms with Crippen LogP contribution in [0.25, 0.3) is 17.0 Å². The number of fused-ring (bicyclic) bond motifs is 2. The molecule has 6 nitrogen and oxygen atoms in total. The van der Waals surface area contributed by atoms with E-state index in [0.717, 1.165) is 44.3 Å². The monoisotopic (exact) mass is 482 g/mol. The highest BCUT2D eigenvalue weighted by Crippen LogP contribution is 2.38. The number of aromatic amines is 1. The number of para-hydroxylation sites is 1. The second kappa shape index (κ2) is 10.6. The Hall–Kier alpha value is -3.61. The first-order valence-corrected chi connectivity index (χ1v) is 12.7. The second-order valence-electron chi connectivity index (χ2n) is 9.68. The van der Waals surface area contributed by atoms with Gasteiger partial charge in [-0.15, -0.1) is 0 Å². The second-order valence-corrected chi connectivity index (χ2v) is 9.68. The number of carbonyl (C=O) groups excluding carboxylic acids is 1. The molecule has 6 heteroatoms. The minimum absolute atomic E-state index is 0.355. The lowest BCUT2D eigenvalue weighted by atomic mass is 10.0. The van der Waals surface area contributed by atoms with E-state index in [1.165, 1.54) is 44.8 Å². The van der Waals surface area contributed by atoms with Crippen molar-refractivity contribution in [2.75, 3.05) is 6.54 Å². The average molecular weight is 483 g/mol. The van der Waals surface area contributed by atoms with E-state index in [0.29, 0.717) is 6.04 Å². The topological polar surface area (TPSA) is 73.3 Å². The van der Waals surface area contributed by atoms with Crippen LogP contribution in [0.5, 0.6) is 0 Å². The van der Waals surface area contributed by atoms with Crippen LogP contribution >= 0.6 is 0 Å². The molecular formula is C30H34N4O2. The maximum absolute atomic E-state index is 11.4. The van der Waals surface area contributed by atoms with Crippen LogP contribution in [0.3, 0.4) is 0 Å². The Morgan fingerprint density at radius 1 is 1.19 bits per heavy atom. The molecule has 5 rings (SSSR count). The quantitative estimate of drug-likeness (QED) is 0.172. The molecule has 3 N–H and O–H groups in total. The molecule has 0 bridgehead atoms. The van der Waals surface area contributed by atoms with E-state index in [2.05, 4.69) is 89.5 Å². The van der Waals surface area contributed by atoms with Crippen molar-refractivity contribution in [1.82, 2.24) is 19.9 Å². The van der Waals surface area contributed by atoms with Gasteiger partial charge in [-0.25, -0.2) is 5.48 Å². The maximum Gasteiger partial charge on any atom is 0.267 e. The molecule has 1 aliphatic carbocycles.